The number of halogens is 1. The maximum atomic E-state index is 13.2. The first-order chi connectivity index (χ1) is 11.1. The summed E-state index contributed by atoms with van der Waals surface area (Å²) < 4.78 is 13.2. The first-order valence-electron chi connectivity index (χ1n) is 8.20. The van der Waals surface area contributed by atoms with Gasteiger partial charge in [0.2, 0.25) is 0 Å². The minimum atomic E-state index is -0.212. The third-order valence-corrected chi connectivity index (χ3v) is 4.30. The van der Waals surface area contributed by atoms with Gasteiger partial charge in [-0.15, -0.1) is 0 Å². The molecule has 2 rings (SSSR count). The molecule has 1 fully saturated rings. The number of piperazine rings is 1. The molecule has 1 aliphatic heterocycles. The molecule has 2 N–H and O–H groups in total. The highest BCUT2D eigenvalue weighted by Crippen LogP contribution is 2.04. The average Bonchev–Trinajstić information content (AvgIpc) is 2.55. The van der Waals surface area contributed by atoms with Crippen molar-refractivity contribution >= 4 is 5.96 Å². The van der Waals surface area contributed by atoms with Crippen molar-refractivity contribution in [2.75, 3.05) is 46.8 Å². The largest absolute Gasteiger partial charge is 0.355 e. The van der Waals surface area contributed by atoms with Crippen molar-refractivity contribution in [1.29, 1.82) is 0 Å². The lowest BCUT2D eigenvalue weighted by molar-refractivity contribution is 0.120. The number of guanidine groups is 1. The molecule has 128 valence electrons. The van der Waals surface area contributed by atoms with Crippen LogP contribution in [-0.2, 0) is 6.54 Å². The molecule has 0 saturated carbocycles. The van der Waals surface area contributed by atoms with Gasteiger partial charge in [-0.2, -0.15) is 0 Å². The molecule has 1 aliphatic rings. The summed E-state index contributed by atoms with van der Waals surface area (Å²) in [4.78, 5) is 9.08. The monoisotopic (exact) mass is 321 g/mol. The summed E-state index contributed by atoms with van der Waals surface area (Å²) in [7, 11) is 3.92. The highest BCUT2D eigenvalue weighted by molar-refractivity contribution is 5.79. The van der Waals surface area contributed by atoms with Crippen molar-refractivity contribution in [1.82, 2.24) is 20.4 Å². The molecule has 0 radical (unpaired) electrons. The van der Waals surface area contributed by atoms with Gasteiger partial charge in [0.1, 0.15) is 5.82 Å². The Hall–Kier alpha value is -1.66. The van der Waals surface area contributed by atoms with Gasteiger partial charge in [-0.3, -0.25) is 9.89 Å². The van der Waals surface area contributed by atoms with E-state index >= 15 is 0 Å². The maximum absolute atomic E-state index is 13.2. The minimum Gasteiger partial charge on any atom is -0.355 e. The van der Waals surface area contributed by atoms with Gasteiger partial charge in [0.15, 0.2) is 5.96 Å². The molecule has 0 aromatic heterocycles. The van der Waals surface area contributed by atoms with Crippen LogP contribution in [0.1, 0.15) is 12.5 Å². The molecule has 1 aromatic carbocycles. The number of likely N-dealkylation sites (N-methyl/N-ethyl adjacent to an activating group) is 1. The Morgan fingerprint density at radius 2 is 2.00 bits per heavy atom. The molecule has 1 atom stereocenters. The summed E-state index contributed by atoms with van der Waals surface area (Å²) in [5, 5.41) is 6.58. The molecule has 0 amide bonds. The second kappa shape index (κ2) is 8.84. The molecule has 6 heteroatoms. The average molecular weight is 321 g/mol. The molecule has 0 bridgehead atoms. The smallest absolute Gasteiger partial charge is 0.191 e. The van der Waals surface area contributed by atoms with Crippen molar-refractivity contribution in [2.24, 2.45) is 4.99 Å². The summed E-state index contributed by atoms with van der Waals surface area (Å²) in [6, 6.07) is 7.06. The van der Waals surface area contributed by atoms with Gasteiger partial charge >= 0.3 is 0 Å². The van der Waals surface area contributed by atoms with Crippen LogP contribution in [0, 0.1) is 5.82 Å². The zero-order chi connectivity index (χ0) is 16.7. The number of benzene rings is 1. The molecule has 0 aliphatic carbocycles. The second-order valence-corrected chi connectivity index (χ2v) is 6.12. The lowest BCUT2D eigenvalue weighted by atomic mass is 10.2. The summed E-state index contributed by atoms with van der Waals surface area (Å²) in [6.45, 7) is 8.09. The minimum absolute atomic E-state index is 0.212. The van der Waals surface area contributed by atoms with Gasteiger partial charge in [-0.05, 0) is 31.7 Å². The van der Waals surface area contributed by atoms with Crippen LogP contribution in [0.3, 0.4) is 0 Å². The third kappa shape index (κ3) is 5.80. The predicted octanol–water partition coefficient (Wildman–Crippen LogP) is 1.13. The van der Waals surface area contributed by atoms with Crippen molar-refractivity contribution in [2.45, 2.75) is 19.5 Å². The van der Waals surface area contributed by atoms with E-state index in [9.17, 15) is 4.39 Å². The van der Waals surface area contributed by atoms with Crippen LogP contribution < -0.4 is 10.6 Å². The van der Waals surface area contributed by atoms with E-state index in [1.807, 2.05) is 6.07 Å². The van der Waals surface area contributed by atoms with Gasteiger partial charge in [-0.25, -0.2) is 4.39 Å². The summed E-state index contributed by atoms with van der Waals surface area (Å²) in [5.41, 5.74) is 0.903. The summed E-state index contributed by atoms with van der Waals surface area (Å²) >= 11 is 0. The van der Waals surface area contributed by atoms with Gasteiger partial charge in [0.25, 0.3) is 0 Å². The Kier molecular flexibility index (Phi) is 6.80. The van der Waals surface area contributed by atoms with Crippen LogP contribution >= 0.6 is 0 Å². The Balaban J connectivity index is 1.74. The molecule has 1 heterocycles. The Labute approximate surface area is 138 Å². The van der Waals surface area contributed by atoms with E-state index in [0.717, 1.165) is 44.2 Å². The molecule has 1 aromatic rings. The highest BCUT2D eigenvalue weighted by Gasteiger charge is 2.18. The van der Waals surface area contributed by atoms with Crippen molar-refractivity contribution < 1.29 is 4.39 Å². The fourth-order valence-corrected chi connectivity index (χ4v) is 2.69. The van der Waals surface area contributed by atoms with Crippen molar-refractivity contribution in [3.63, 3.8) is 0 Å². The second-order valence-electron chi connectivity index (χ2n) is 6.12. The molecule has 1 unspecified atom stereocenters. The number of nitrogens with one attached hydrogen (secondary N) is 2. The van der Waals surface area contributed by atoms with Gasteiger partial charge in [0.05, 0.1) is 0 Å². The van der Waals surface area contributed by atoms with Crippen LogP contribution in [-0.4, -0.2) is 68.6 Å². The van der Waals surface area contributed by atoms with E-state index < -0.39 is 0 Å². The number of rotatable bonds is 5. The maximum Gasteiger partial charge on any atom is 0.191 e. The van der Waals surface area contributed by atoms with E-state index in [4.69, 9.17) is 0 Å². The molecule has 23 heavy (non-hydrogen) atoms. The van der Waals surface area contributed by atoms with E-state index in [1.54, 1.807) is 13.1 Å². The Morgan fingerprint density at radius 3 is 2.65 bits per heavy atom. The number of hydrogen-bond donors (Lipinski definition) is 2. The van der Waals surface area contributed by atoms with Crippen molar-refractivity contribution in [3.05, 3.63) is 35.6 Å². The Bertz CT molecular complexity index is 511. The van der Waals surface area contributed by atoms with Crippen LogP contribution in [0.15, 0.2) is 29.3 Å². The third-order valence-electron chi connectivity index (χ3n) is 4.30. The van der Waals surface area contributed by atoms with E-state index in [0.29, 0.717) is 12.6 Å². The van der Waals surface area contributed by atoms with Crippen LogP contribution in [0.5, 0.6) is 0 Å². The normalized spacial score (nSPS) is 18.7. The SMILES string of the molecule is CN=C(NCc1cccc(F)c1)NCC(C)N1CCN(C)CC1. The fraction of sp³-hybridized carbons (Fsp3) is 0.588. The van der Waals surface area contributed by atoms with Crippen molar-refractivity contribution in [3.8, 4) is 0 Å². The predicted molar refractivity (Wildman–Crippen MR) is 93.1 cm³/mol. The van der Waals surface area contributed by atoms with Gasteiger partial charge in [0, 0.05) is 52.4 Å². The van der Waals surface area contributed by atoms with E-state index in [2.05, 4.69) is 39.4 Å². The first kappa shape index (κ1) is 17.7. The molecule has 0 spiro atoms. The first-order valence-corrected chi connectivity index (χ1v) is 8.20. The topological polar surface area (TPSA) is 42.9 Å². The highest BCUT2D eigenvalue weighted by atomic mass is 19.1. The lowest BCUT2D eigenvalue weighted by Crippen LogP contribution is -2.52. The van der Waals surface area contributed by atoms with Gasteiger partial charge < -0.3 is 15.5 Å². The molecule has 5 nitrogen and oxygen atoms in total. The molecular formula is C17H28FN5. The standard InChI is InChI=1S/C17H28FN5/c1-14(23-9-7-22(3)8-10-23)12-20-17(19-2)21-13-15-5-4-6-16(18)11-15/h4-6,11,14H,7-10,12-13H2,1-3H3,(H2,19,20,21). The number of nitrogens with zero attached hydrogens (tertiary/aromatic N) is 3. The summed E-state index contributed by atoms with van der Waals surface area (Å²) in [6.07, 6.45) is 0. The van der Waals surface area contributed by atoms with Gasteiger partial charge in [-0.1, -0.05) is 12.1 Å². The van der Waals surface area contributed by atoms with E-state index in [-0.39, 0.29) is 5.82 Å². The Morgan fingerprint density at radius 1 is 1.26 bits per heavy atom. The zero-order valence-corrected chi connectivity index (χ0v) is 14.3. The van der Waals surface area contributed by atoms with Crippen LogP contribution in [0.2, 0.25) is 0 Å². The van der Waals surface area contributed by atoms with Crippen LogP contribution in [0.4, 0.5) is 4.39 Å². The molecular weight excluding hydrogens is 293 g/mol. The number of aliphatic imine (C=N–C) groups is 1. The zero-order valence-electron chi connectivity index (χ0n) is 14.3. The summed E-state index contributed by atoms with van der Waals surface area (Å²) in [5.74, 6) is 0.533. The molecule has 1 saturated heterocycles. The lowest BCUT2D eigenvalue weighted by Gasteiger charge is -2.36. The number of hydrogen-bond acceptors (Lipinski definition) is 3. The van der Waals surface area contributed by atoms with E-state index in [1.165, 1.54) is 12.1 Å². The quantitative estimate of drug-likeness (QED) is 0.630. The van der Waals surface area contributed by atoms with Crippen LogP contribution in [0.25, 0.3) is 0 Å². The fourth-order valence-electron chi connectivity index (χ4n) is 2.69.